The summed E-state index contributed by atoms with van der Waals surface area (Å²) in [6.45, 7) is 7.84. The van der Waals surface area contributed by atoms with Gasteiger partial charge in [0.05, 0.1) is 12.2 Å². The van der Waals surface area contributed by atoms with Gasteiger partial charge in [-0.05, 0) is 91.9 Å². The molecular weight excluding hydrogens is 975 g/mol. The number of carbonyl (C=O) groups is 1. The molecule has 0 aromatic rings. The van der Waals surface area contributed by atoms with E-state index in [1.165, 1.54) is 20.8 Å². The molecule has 0 saturated heterocycles. The summed E-state index contributed by atoms with van der Waals surface area (Å²) in [5.74, 6) is -13.5. The second kappa shape index (κ2) is 20.8. The monoisotopic (exact) mass is 1020 g/mol. The summed E-state index contributed by atoms with van der Waals surface area (Å²) < 4.78 is 306. The number of aliphatic hydroxyl groups is 3. The van der Waals surface area contributed by atoms with Crippen molar-refractivity contribution in [1.29, 1.82) is 0 Å². The second-order valence-electron chi connectivity index (χ2n) is 15.9. The first kappa shape index (κ1) is 61.5. The molecule has 2 rings (SSSR count). The predicted octanol–water partition coefficient (Wildman–Crippen LogP) is 10.3. The number of hydrogen-bond donors (Lipinski definition) is 3. The van der Waals surface area contributed by atoms with Crippen molar-refractivity contribution < 1.29 is 136 Å². The fourth-order valence-electron chi connectivity index (χ4n) is 7.67. The first-order valence-electron chi connectivity index (χ1n) is 19.2. The van der Waals surface area contributed by atoms with Crippen LogP contribution in [0.5, 0.6) is 0 Å². The molecule has 0 aromatic carbocycles. The van der Waals surface area contributed by atoms with Crippen LogP contribution in [0.4, 0.5) is 92.2 Å². The molecule has 9 nitrogen and oxygen atoms in total. The molecule has 0 heterocycles. The third kappa shape index (κ3) is 13.6. The molecule has 3 N–H and O–H groups in total. The van der Waals surface area contributed by atoms with E-state index in [-0.39, 0.29) is 27.1 Å². The SMILES string of the molecule is C=C(C(=O)OC(C1CC(OC(C)OCC)CC(C(C)(O)C(F)(F)F)C1)(C(F)(F)F)C(F)(F)F)C(F)(F)F.CCOC(C)OC1CC(C(C)(O)C(F)(F)F)CC(C(O)(C(F)(F)F)C(F)(F)F)C1. The lowest BCUT2D eigenvalue weighted by Gasteiger charge is -2.49. The smallest absolute Gasteiger partial charge is 0.436 e. The van der Waals surface area contributed by atoms with Gasteiger partial charge in [0.25, 0.3) is 5.60 Å². The first-order valence-corrected chi connectivity index (χ1v) is 19.2. The second-order valence-corrected chi connectivity index (χ2v) is 15.9. The minimum atomic E-state index is -6.67. The number of halogens is 21. The normalized spacial score (nSPS) is 26.3. The molecule has 0 amide bonds. The zero-order chi connectivity index (χ0) is 52.5. The van der Waals surface area contributed by atoms with Crippen LogP contribution in [0.2, 0.25) is 0 Å². The molecule has 0 aliphatic heterocycles. The van der Waals surface area contributed by atoms with E-state index in [0.29, 0.717) is 0 Å². The summed E-state index contributed by atoms with van der Waals surface area (Å²) in [6, 6.07) is 0. The molecule has 2 aliphatic rings. The van der Waals surface area contributed by atoms with Gasteiger partial charge in [-0.3, -0.25) is 0 Å². The Kier molecular flexibility index (Phi) is 19.4. The molecule has 10 unspecified atom stereocenters. The van der Waals surface area contributed by atoms with E-state index >= 15 is 0 Å². The molecule has 392 valence electrons. The molecule has 10 atom stereocenters. The van der Waals surface area contributed by atoms with E-state index in [4.69, 9.17) is 18.9 Å². The Hall–Kier alpha value is -2.54. The van der Waals surface area contributed by atoms with E-state index in [9.17, 15) is 112 Å². The van der Waals surface area contributed by atoms with Crippen molar-refractivity contribution in [3.05, 3.63) is 12.2 Å². The summed E-state index contributed by atoms with van der Waals surface area (Å²) in [7, 11) is 0. The van der Waals surface area contributed by atoms with E-state index in [2.05, 4.69) is 11.3 Å². The summed E-state index contributed by atoms with van der Waals surface area (Å²) >= 11 is 0. The summed E-state index contributed by atoms with van der Waals surface area (Å²) in [5, 5.41) is 29.6. The van der Waals surface area contributed by atoms with Crippen LogP contribution in [0.3, 0.4) is 0 Å². The Morgan fingerprint density at radius 3 is 1.09 bits per heavy atom. The van der Waals surface area contributed by atoms with E-state index < -0.39 is 164 Å². The van der Waals surface area contributed by atoms with Gasteiger partial charge < -0.3 is 39.0 Å². The summed E-state index contributed by atoms with van der Waals surface area (Å²) in [5.41, 5.74) is -21.1. The van der Waals surface area contributed by atoms with Crippen LogP contribution in [0.1, 0.15) is 80.1 Å². The Labute approximate surface area is 361 Å². The number of hydrogen-bond acceptors (Lipinski definition) is 9. The highest BCUT2D eigenvalue weighted by Crippen LogP contribution is 2.58. The zero-order valence-corrected chi connectivity index (χ0v) is 35.2. The molecule has 30 heteroatoms. The van der Waals surface area contributed by atoms with Crippen LogP contribution < -0.4 is 0 Å². The average Bonchev–Trinajstić information content (AvgIpc) is 3.09. The van der Waals surface area contributed by atoms with E-state index in [0.717, 1.165) is 6.92 Å². The highest BCUT2D eigenvalue weighted by molar-refractivity contribution is 5.89. The maximum absolute atomic E-state index is 14.1. The Morgan fingerprint density at radius 2 is 0.818 bits per heavy atom. The van der Waals surface area contributed by atoms with Crippen LogP contribution in [-0.2, 0) is 28.5 Å². The van der Waals surface area contributed by atoms with Crippen molar-refractivity contribution in [2.45, 2.75) is 170 Å². The molecule has 66 heavy (non-hydrogen) atoms. The van der Waals surface area contributed by atoms with Gasteiger partial charge in [-0.15, -0.1) is 0 Å². The highest BCUT2D eigenvalue weighted by Gasteiger charge is 2.79. The Morgan fingerprint density at radius 1 is 0.515 bits per heavy atom. The zero-order valence-electron chi connectivity index (χ0n) is 35.2. The van der Waals surface area contributed by atoms with Gasteiger partial charge >= 0.3 is 54.8 Å². The van der Waals surface area contributed by atoms with Gasteiger partial charge in [0.15, 0.2) is 23.8 Å². The van der Waals surface area contributed by atoms with Crippen molar-refractivity contribution >= 4 is 5.97 Å². The summed E-state index contributed by atoms with van der Waals surface area (Å²) in [4.78, 5) is 11.8. The van der Waals surface area contributed by atoms with Crippen LogP contribution in [0.15, 0.2) is 12.2 Å². The Bertz CT molecular complexity index is 1550. The molecule has 0 bridgehead atoms. The van der Waals surface area contributed by atoms with Crippen LogP contribution in [0.25, 0.3) is 0 Å². The molecule has 0 aromatic heterocycles. The third-order valence-electron chi connectivity index (χ3n) is 11.4. The molecule has 2 aliphatic carbocycles. The number of esters is 1. The van der Waals surface area contributed by atoms with Crippen molar-refractivity contribution in [3.8, 4) is 0 Å². The van der Waals surface area contributed by atoms with Crippen LogP contribution in [0, 0.1) is 23.7 Å². The van der Waals surface area contributed by atoms with Gasteiger partial charge in [-0.25, -0.2) is 4.79 Å². The van der Waals surface area contributed by atoms with Crippen molar-refractivity contribution in [2.24, 2.45) is 23.7 Å². The quantitative estimate of drug-likeness (QED) is 0.0675. The van der Waals surface area contributed by atoms with Gasteiger partial charge in [-0.2, -0.15) is 92.2 Å². The molecule has 0 spiro atoms. The van der Waals surface area contributed by atoms with E-state index in [1.54, 1.807) is 0 Å². The number of rotatable bonds is 14. The van der Waals surface area contributed by atoms with Gasteiger partial charge in [0.2, 0.25) is 0 Å². The van der Waals surface area contributed by atoms with Crippen LogP contribution in [-0.4, -0.2) is 125 Å². The van der Waals surface area contributed by atoms with Gasteiger partial charge in [-0.1, -0.05) is 6.58 Å². The minimum absolute atomic E-state index is 0.0655. The van der Waals surface area contributed by atoms with Gasteiger partial charge in [0, 0.05) is 25.0 Å². The molecule has 2 saturated carbocycles. The standard InChI is InChI=1S/C20H24F12O5.C16H23F9O4/c1-5-35-10(3)36-13-7-11(15(4,34)18(24,25)26)6-12(8-13)16(19(27,28)29,20(30,31)32)37-14(33)9(2)17(21,22)23;1-4-28-8(2)29-11-6-9(12(3,26)14(17,18)19)5-10(7-11)13(27,15(20,21)22)16(23,24)25/h10-13,34H,2,5-8H2,1,3-4H3;8-11,26-27H,4-7H2,1-3H3. The largest absolute Gasteiger partial charge is 0.437 e. The fourth-order valence-corrected chi connectivity index (χ4v) is 7.67. The molecule has 0 radical (unpaired) electrons. The lowest BCUT2D eigenvalue weighted by Crippen LogP contribution is -2.67. The lowest BCUT2D eigenvalue weighted by molar-refractivity contribution is -0.393. The number of ether oxygens (including phenoxy) is 5. The maximum atomic E-state index is 14.1. The van der Waals surface area contributed by atoms with Crippen molar-refractivity contribution in [3.63, 3.8) is 0 Å². The van der Waals surface area contributed by atoms with Crippen molar-refractivity contribution in [1.82, 2.24) is 0 Å². The van der Waals surface area contributed by atoms with E-state index in [1.807, 2.05) is 0 Å². The minimum Gasteiger partial charge on any atom is -0.436 e. The lowest BCUT2D eigenvalue weighted by atomic mass is 9.66. The topological polar surface area (TPSA) is 124 Å². The molecule has 2 fully saturated rings. The Balaban J connectivity index is 0.000000680. The highest BCUT2D eigenvalue weighted by atomic mass is 19.4. The maximum Gasteiger partial charge on any atom is 0.437 e. The average molecular weight is 1020 g/mol. The van der Waals surface area contributed by atoms with Crippen LogP contribution >= 0.6 is 0 Å². The summed E-state index contributed by atoms with van der Waals surface area (Å²) in [6.07, 6.45) is -55.4. The van der Waals surface area contributed by atoms with Gasteiger partial charge in [0.1, 0.15) is 5.57 Å². The van der Waals surface area contributed by atoms with Crippen molar-refractivity contribution in [2.75, 3.05) is 13.2 Å². The number of carbonyl (C=O) groups excluding carboxylic acids is 1. The third-order valence-corrected chi connectivity index (χ3v) is 11.4. The predicted molar refractivity (Wildman–Crippen MR) is 180 cm³/mol. The fraction of sp³-hybridized carbons (Fsp3) is 0.917. The molecular formula is C36H47F21O9. The number of alkyl halides is 21. The first-order chi connectivity index (χ1) is 29.1.